The van der Waals surface area contributed by atoms with Crippen LogP contribution in [-0.4, -0.2) is 49.0 Å². The number of aromatic nitrogens is 4. The van der Waals surface area contributed by atoms with Gasteiger partial charge in [-0.1, -0.05) is 41.4 Å². The second-order valence-corrected chi connectivity index (χ2v) is 14.2. The van der Waals surface area contributed by atoms with E-state index < -0.39 is 5.97 Å². The topological polar surface area (TPSA) is 94.5 Å². The predicted octanol–water partition coefficient (Wildman–Crippen LogP) is 9.01. The van der Waals surface area contributed by atoms with Crippen LogP contribution in [0.4, 0.5) is 5.69 Å². The van der Waals surface area contributed by atoms with Crippen LogP contribution in [0.25, 0.3) is 32.9 Å². The van der Waals surface area contributed by atoms with E-state index in [9.17, 15) is 14.7 Å². The molecule has 0 aliphatic carbocycles. The van der Waals surface area contributed by atoms with Gasteiger partial charge in [0.2, 0.25) is 0 Å². The Labute approximate surface area is 300 Å². The van der Waals surface area contributed by atoms with Gasteiger partial charge in [-0.15, -0.1) is 0 Å². The monoisotopic (exact) mass is 711 g/mol. The number of aryl methyl sites for hydroxylation is 6. The highest BCUT2D eigenvalue weighted by Gasteiger charge is 2.38. The lowest BCUT2D eigenvalue weighted by Crippen LogP contribution is -2.42. The molecule has 0 bridgehead atoms. The van der Waals surface area contributed by atoms with Gasteiger partial charge in [0, 0.05) is 65.5 Å². The Kier molecular flexibility index (Phi) is 8.47. The summed E-state index contributed by atoms with van der Waals surface area (Å²) in [6, 6.07) is 12.9. The molecule has 1 amide bonds. The molecule has 1 N–H and O–H groups in total. The number of nitrogens with zero attached hydrogens (tertiary/aromatic N) is 5. The summed E-state index contributed by atoms with van der Waals surface area (Å²) in [6.45, 7) is 10.9. The standard InChI is InChI=1S/C39H39Cl2N5O4/c1-20-16-25(17-21(2)34(20)41)50-15-9-12-26-27-13-14-30(40)33(32-23(4)42-44(7)24(32)5)36(27)46-22(3)18-45(38(47)37(26)46)31-19-43(6)35-28(31)10-8-11-29(35)39(48)49/h8,10-11,13-14,16-17,19,22H,9,12,15,18H2,1-7H3,(H,48,49)/t22-/m1/s1. The Morgan fingerprint density at radius 1 is 1.00 bits per heavy atom. The summed E-state index contributed by atoms with van der Waals surface area (Å²) in [5.74, 6) is -0.396. The number of benzene rings is 3. The van der Waals surface area contributed by atoms with Gasteiger partial charge in [-0.05, 0) is 88.4 Å². The number of carboxylic acids is 1. The first-order valence-electron chi connectivity index (χ1n) is 16.7. The van der Waals surface area contributed by atoms with Gasteiger partial charge in [-0.2, -0.15) is 5.10 Å². The fraction of sp³-hybridized carbons (Fsp3) is 0.308. The Bertz CT molecular complexity index is 2360. The number of amides is 1. The first-order valence-corrected chi connectivity index (χ1v) is 17.4. The Balaban J connectivity index is 1.38. The number of fused-ring (bicyclic) bond motifs is 4. The van der Waals surface area contributed by atoms with Gasteiger partial charge in [0.25, 0.3) is 5.91 Å². The smallest absolute Gasteiger partial charge is 0.337 e. The molecule has 0 spiro atoms. The third-order valence-corrected chi connectivity index (χ3v) is 11.0. The van der Waals surface area contributed by atoms with Gasteiger partial charge in [-0.25, -0.2) is 4.79 Å². The van der Waals surface area contributed by atoms with Gasteiger partial charge in [0.05, 0.1) is 39.6 Å². The number of carbonyl (C=O) groups excluding carboxylic acids is 1. The summed E-state index contributed by atoms with van der Waals surface area (Å²) in [5.41, 5.74) is 9.49. The van der Waals surface area contributed by atoms with E-state index in [4.69, 9.17) is 33.0 Å². The third-order valence-electron chi connectivity index (χ3n) is 10.1. The van der Waals surface area contributed by atoms with Gasteiger partial charge in [0.15, 0.2) is 0 Å². The highest BCUT2D eigenvalue weighted by atomic mass is 35.5. The number of aromatic carboxylic acids is 1. The summed E-state index contributed by atoms with van der Waals surface area (Å²) in [6.07, 6.45) is 3.10. The number of anilines is 1. The molecule has 1 aliphatic rings. The maximum Gasteiger partial charge on any atom is 0.337 e. The van der Waals surface area contributed by atoms with Gasteiger partial charge in [-0.3, -0.25) is 9.48 Å². The zero-order valence-electron chi connectivity index (χ0n) is 29.2. The van der Waals surface area contributed by atoms with Crippen molar-refractivity contribution in [2.45, 2.75) is 53.5 Å². The highest BCUT2D eigenvalue weighted by Crippen LogP contribution is 2.46. The van der Waals surface area contributed by atoms with Crippen LogP contribution < -0.4 is 9.64 Å². The minimum absolute atomic E-state index is 0.136. The van der Waals surface area contributed by atoms with Crippen LogP contribution in [0.2, 0.25) is 10.0 Å². The number of hydrogen-bond donors (Lipinski definition) is 1. The average molecular weight is 713 g/mol. The number of carbonyl (C=O) groups is 2. The van der Waals surface area contributed by atoms with E-state index in [0.29, 0.717) is 53.3 Å². The van der Waals surface area contributed by atoms with Crippen molar-refractivity contribution in [3.63, 3.8) is 0 Å². The Morgan fingerprint density at radius 3 is 2.38 bits per heavy atom. The van der Waals surface area contributed by atoms with Crippen LogP contribution in [0.15, 0.2) is 48.7 Å². The van der Waals surface area contributed by atoms with E-state index in [-0.39, 0.29) is 17.5 Å². The molecule has 258 valence electrons. The molecular weight excluding hydrogens is 673 g/mol. The molecule has 50 heavy (non-hydrogen) atoms. The maximum atomic E-state index is 14.9. The van der Waals surface area contributed by atoms with Crippen molar-refractivity contribution in [3.8, 4) is 16.9 Å². The number of hydrogen-bond acceptors (Lipinski definition) is 4. The molecule has 3 aromatic heterocycles. The summed E-state index contributed by atoms with van der Waals surface area (Å²) in [4.78, 5) is 28.9. The molecule has 0 saturated carbocycles. The summed E-state index contributed by atoms with van der Waals surface area (Å²) in [5, 5.41) is 17.6. The number of halogens is 2. The lowest BCUT2D eigenvalue weighted by Gasteiger charge is -2.34. The zero-order chi connectivity index (χ0) is 35.8. The minimum atomic E-state index is -1.01. The van der Waals surface area contributed by atoms with Crippen LogP contribution in [0, 0.1) is 27.7 Å². The predicted molar refractivity (Wildman–Crippen MR) is 200 cm³/mol. The quantitative estimate of drug-likeness (QED) is 0.159. The van der Waals surface area contributed by atoms with Crippen LogP contribution in [0.3, 0.4) is 0 Å². The van der Waals surface area contributed by atoms with E-state index in [1.54, 1.807) is 21.6 Å². The van der Waals surface area contributed by atoms with E-state index in [1.807, 2.05) is 83.0 Å². The number of ether oxygens (including phenoxy) is 1. The largest absolute Gasteiger partial charge is 0.494 e. The number of rotatable bonds is 8. The van der Waals surface area contributed by atoms with Crippen LogP contribution in [0.5, 0.6) is 5.75 Å². The Hall–Kier alpha value is -4.73. The van der Waals surface area contributed by atoms with E-state index in [1.165, 1.54) is 0 Å². The van der Waals surface area contributed by atoms with Crippen molar-refractivity contribution in [3.05, 3.63) is 98.0 Å². The molecule has 1 atom stereocenters. The second-order valence-electron chi connectivity index (χ2n) is 13.4. The number of carboxylic acid groups (broad SMARTS) is 1. The third kappa shape index (κ3) is 5.26. The molecule has 0 radical (unpaired) electrons. The molecule has 1 aliphatic heterocycles. The zero-order valence-corrected chi connectivity index (χ0v) is 30.7. The van der Waals surface area contributed by atoms with Crippen LogP contribution in [-0.2, 0) is 20.5 Å². The fourth-order valence-corrected chi connectivity index (χ4v) is 8.13. The van der Waals surface area contributed by atoms with Gasteiger partial charge < -0.3 is 23.9 Å². The summed E-state index contributed by atoms with van der Waals surface area (Å²) >= 11 is 13.5. The van der Waals surface area contributed by atoms with Crippen molar-refractivity contribution >= 4 is 62.6 Å². The lowest BCUT2D eigenvalue weighted by molar-refractivity contribution is 0.0698. The SMILES string of the molecule is Cc1cc(OCCCc2c3n(c4c(-c5c(C)nn(C)c5C)c(Cl)ccc24)[C@H](C)CN(c2cn(C)c4c(C(=O)O)cccc24)C3=O)cc(C)c1Cl. The molecule has 6 aromatic rings. The van der Waals surface area contributed by atoms with Crippen molar-refractivity contribution < 1.29 is 19.4 Å². The molecule has 0 saturated heterocycles. The van der Waals surface area contributed by atoms with Crippen molar-refractivity contribution in [1.82, 2.24) is 18.9 Å². The molecule has 9 nitrogen and oxygen atoms in total. The summed E-state index contributed by atoms with van der Waals surface area (Å²) in [7, 11) is 3.74. The minimum Gasteiger partial charge on any atom is -0.494 e. The fourth-order valence-electron chi connectivity index (χ4n) is 7.77. The molecule has 4 heterocycles. The van der Waals surface area contributed by atoms with Gasteiger partial charge >= 0.3 is 5.97 Å². The molecule has 0 unspecified atom stereocenters. The van der Waals surface area contributed by atoms with Crippen molar-refractivity contribution in [1.29, 1.82) is 0 Å². The van der Waals surface area contributed by atoms with Crippen LogP contribution >= 0.6 is 23.2 Å². The van der Waals surface area contributed by atoms with Gasteiger partial charge in [0.1, 0.15) is 11.4 Å². The molecule has 3 aromatic carbocycles. The molecule has 0 fully saturated rings. The first kappa shape index (κ1) is 33.8. The Morgan fingerprint density at radius 2 is 1.72 bits per heavy atom. The normalized spacial score (nSPS) is 14.6. The second kappa shape index (κ2) is 12.5. The first-order chi connectivity index (χ1) is 23.8. The van der Waals surface area contributed by atoms with E-state index >= 15 is 0 Å². The molecule has 7 rings (SSSR count). The van der Waals surface area contributed by atoms with E-state index in [2.05, 4.69) is 11.5 Å². The number of para-hydroxylation sites is 1. The van der Waals surface area contributed by atoms with Crippen molar-refractivity contribution in [2.75, 3.05) is 18.1 Å². The molecule has 11 heteroatoms. The summed E-state index contributed by atoms with van der Waals surface area (Å²) < 4.78 is 12.0. The highest BCUT2D eigenvalue weighted by molar-refractivity contribution is 6.35. The van der Waals surface area contributed by atoms with Crippen molar-refractivity contribution in [2.24, 2.45) is 14.1 Å². The van der Waals surface area contributed by atoms with E-state index in [0.717, 1.165) is 60.9 Å². The van der Waals surface area contributed by atoms with Crippen LogP contribution in [0.1, 0.15) is 68.3 Å². The lowest BCUT2D eigenvalue weighted by atomic mass is 9.98. The molecular formula is C39H39Cl2N5O4. The maximum absolute atomic E-state index is 14.9. The average Bonchev–Trinajstić information content (AvgIpc) is 3.68.